The minimum absolute atomic E-state index is 0.0886. The molecule has 32 heavy (non-hydrogen) atoms. The number of carbonyl (C=O) groups is 2. The number of aliphatic hydroxyl groups is 1. The van der Waals surface area contributed by atoms with Gasteiger partial charge in [-0.2, -0.15) is 5.75 Å². The summed E-state index contributed by atoms with van der Waals surface area (Å²) in [4.78, 5) is 28.0. The number of carboxylic acid groups (broad SMARTS) is 1. The molecule has 3 fully saturated rings. The quantitative estimate of drug-likeness (QED) is 0.384. The van der Waals surface area contributed by atoms with Crippen molar-refractivity contribution in [3.63, 3.8) is 0 Å². The van der Waals surface area contributed by atoms with Crippen molar-refractivity contribution < 1.29 is 24.6 Å². The van der Waals surface area contributed by atoms with Gasteiger partial charge in [-0.25, -0.2) is 0 Å². The van der Waals surface area contributed by atoms with Gasteiger partial charge in [-0.3, -0.25) is 15.1 Å². The maximum Gasteiger partial charge on any atom is 0.249 e. The van der Waals surface area contributed by atoms with E-state index < -0.39 is 17.9 Å². The second-order valence-electron chi connectivity index (χ2n) is 10.5. The van der Waals surface area contributed by atoms with Gasteiger partial charge >= 0.3 is 0 Å². The van der Waals surface area contributed by atoms with E-state index in [0.717, 1.165) is 44.2 Å². The van der Waals surface area contributed by atoms with Crippen LogP contribution in [0.4, 0.5) is 0 Å². The molecule has 1 amide bonds. The maximum absolute atomic E-state index is 11.9. The highest BCUT2D eigenvalue weighted by molar-refractivity contribution is 7.58. The first kappa shape index (κ1) is 23.6. The van der Waals surface area contributed by atoms with Gasteiger partial charge in [-0.15, -0.1) is 0 Å². The number of amides is 1. The second-order valence-corrected chi connectivity index (χ2v) is 10.8. The van der Waals surface area contributed by atoms with Crippen molar-refractivity contribution in [2.45, 2.75) is 70.9 Å². The highest BCUT2D eigenvalue weighted by atomic mass is 32.1. The number of fused-ring (bicyclic) bond motifs is 5. The fraction of sp³-hybridized carbons (Fsp3) is 0.750. The Kier molecular flexibility index (Phi) is 6.67. The maximum atomic E-state index is 11.9. The predicted octanol–water partition coefficient (Wildman–Crippen LogP) is 1.11. The molecule has 0 saturated heterocycles. The minimum Gasteiger partial charge on any atom is -0.790 e. The molecule has 8 heteroatoms. The van der Waals surface area contributed by atoms with Gasteiger partial charge in [0.2, 0.25) is 5.91 Å². The molecule has 7 atom stereocenters. The molecule has 178 valence electrons. The summed E-state index contributed by atoms with van der Waals surface area (Å²) in [6.45, 7) is 4.38. The molecule has 0 aromatic heterocycles. The first-order valence-electron chi connectivity index (χ1n) is 11.7. The summed E-state index contributed by atoms with van der Waals surface area (Å²) in [6, 6.07) is -1.19. The van der Waals surface area contributed by atoms with Crippen LogP contribution in [0.25, 0.3) is 0 Å². The lowest BCUT2D eigenvalue weighted by atomic mass is 9.48. The third-order valence-electron chi connectivity index (χ3n) is 8.94. The predicted molar refractivity (Wildman–Crippen MR) is 119 cm³/mol. The van der Waals surface area contributed by atoms with Gasteiger partial charge in [0.25, 0.3) is 0 Å². The zero-order valence-corrected chi connectivity index (χ0v) is 19.7. The van der Waals surface area contributed by atoms with E-state index in [1.54, 1.807) is 0 Å². The Labute approximate surface area is 195 Å². The molecular weight excluding hydrogens is 428 g/mol. The Morgan fingerprint density at radius 2 is 2.06 bits per heavy atom. The molecule has 4 aliphatic carbocycles. The van der Waals surface area contributed by atoms with E-state index in [1.165, 1.54) is 12.0 Å². The van der Waals surface area contributed by atoms with Crippen LogP contribution < -0.4 is 15.9 Å². The lowest BCUT2D eigenvalue weighted by Crippen LogP contribution is -2.51. The Morgan fingerprint density at radius 1 is 1.28 bits per heavy atom. The number of carbonyl (C=O) groups excluding carboxylic acids is 2. The molecule has 4 aliphatic rings. The lowest BCUT2D eigenvalue weighted by Gasteiger charge is -2.57. The number of aliphatic carboxylic acids is 1. The number of hydroxylamine groups is 1. The Hall–Kier alpha value is -1.51. The van der Waals surface area contributed by atoms with Crippen LogP contribution in [0.5, 0.6) is 0 Å². The summed E-state index contributed by atoms with van der Waals surface area (Å²) in [5.74, 6) is -0.174. The molecule has 0 heterocycles. The van der Waals surface area contributed by atoms with Crippen LogP contribution in [0.15, 0.2) is 23.4 Å². The molecule has 0 aliphatic heterocycles. The Morgan fingerprint density at radius 3 is 2.78 bits per heavy atom. The first-order chi connectivity index (χ1) is 15.2. The van der Waals surface area contributed by atoms with Crippen molar-refractivity contribution in [3.05, 3.63) is 23.4 Å². The molecular formula is C24H34N2O5S-2. The van der Waals surface area contributed by atoms with Gasteiger partial charge in [0, 0.05) is 6.04 Å². The van der Waals surface area contributed by atoms with Crippen molar-refractivity contribution in [2.75, 3.05) is 12.4 Å². The fourth-order valence-electron chi connectivity index (χ4n) is 7.05. The molecule has 3 N–H and O–H groups in total. The average Bonchev–Trinajstić information content (AvgIpc) is 3.06. The number of hydrogen-bond acceptors (Lipinski definition) is 7. The molecule has 7 nitrogen and oxygen atoms in total. The topological polar surface area (TPSA) is 111 Å². The Balaban J connectivity index is 1.35. The summed E-state index contributed by atoms with van der Waals surface area (Å²) in [5, 5.41) is 23.8. The summed E-state index contributed by atoms with van der Waals surface area (Å²) in [7, 11) is 0. The smallest absolute Gasteiger partial charge is 0.249 e. The Bertz CT molecular complexity index is 829. The third kappa shape index (κ3) is 4.10. The van der Waals surface area contributed by atoms with Crippen molar-refractivity contribution in [1.82, 2.24) is 10.8 Å². The number of nitrogens with one attached hydrogen (secondary N) is 2. The van der Waals surface area contributed by atoms with Crippen molar-refractivity contribution in [1.29, 1.82) is 0 Å². The van der Waals surface area contributed by atoms with Crippen LogP contribution in [-0.2, 0) is 27.1 Å². The molecule has 0 radical (unpaired) electrons. The van der Waals surface area contributed by atoms with E-state index in [0.29, 0.717) is 17.8 Å². The van der Waals surface area contributed by atoms with Crippen molar-refractivity contribution >= 4 is 24.5 Å². The van der Waals surface area contributed by atoms with Crippen LogP contribution in [0.3, 0.4) is 0 Å². The van der Waals surface area contributed by atoms with Crippen molar-refractivity contribution in [2.24, 2.45) is 28.6 Å². The lowest BCUT2D eigenvalue weighted by molar-refractivity contribution is -0.307. The number of allylic oxidation sites excluding steroid dienone is 3. The normalized spacial score (nSPS) is 39.0. The molecule has 0 spiro atoms. The van der Waals surface area contributed by atoms with Gasteiger partial charge in [0.05, 0.1) is 17.8 Å². The van der Waals surface area contributed by atoms with Gasteiger partial charge < -0.3 is 33.0 Å². The monoisotopic (exact) mass is 462 g/mol. The average molecular weight is 463 g/mol. The van der Waals surface area contributed by atoms with E-state index in [9.17, 15) is 19.8 Å². The molecule has 4 rings (SSSR count). The molecule has 3 saturated carbocycles. The van der Waals surface area contributed by atoms with Crippen LogP contribution in [-0.4, -0.2) is 41.5 Å². The molecule has 0 aromatic carbocycles. The van der Waals surface area contributed by atoms with E-state index >= 15 is 0 Å². The van der Waals surface area contributed by atoms with Crippen LogP contribution >= 0.6 is 0 Å². The van der Waals surface area contributed by atoms with E-state index in [1.807, 2.05) is 0 Å². The van der Waals surface area contributed by atoms with Gasteiger partial charge in [0.15, 0.2) is 6.61 Å². The van der Waals surface area contributed by atoms with Gasteiger partial charge in [0.1, 0.15) is 0 Å². The van der Waals surface area contributed by atoms with Gasteiger partial charge in [-0.1, -0.05) is 25.5 Å². The van der Waals surface area contributed by atoms with Crippen LogP contribution in [0.1, 0.15) is 58.8 Å². The number of carboxylic acids is 1. The summed E-state index contributed by atoms with van der Waals surface area (Å²) >= 11 is 4.70. The van der Waals surface area contributed by atoms with E-state index in [4.69, 9.17) is 17.5 Å². The number of aliphatic hydroxyl groups excluding tert-OH is 1. The molecule has 0 bridgehead atoms. The fourth-order valence-corrected chi connectivity index (χ4v) is 7.27. The summed E-state index contributed by atoms with van der Waals surface area (Å²) in [5.41, 5.74) is 5.33. The van der Waals surface area contributed by atoms with Crippen LogP contribution in [0, 0.1) is 28.6 Å². The minimum atomic E-state index is -1.40. The highest BCUT2D eigenvalue weighted by Crippen LogP contribution is 2.65. The zero-order chi connectivity index (χ0) is 23.1. The third-order valence-corrected chi connectivity index (χ3v) is 9.27. The number of hydrogen-bond donors (Lipinski definition) is 3. The summed E-state index contributed by atoms with van der Waals surface area (Å²) < 4.78 is 0. The van der Waals surface area contributed by atoms with Gasteiger partial charge in [-0.05, 0) is 79.6 Å². The summed E-state index contributed by atoms with van der Waals surface area (Å²) in [6.07, 6.45) is 11.6. The molecule has 0 aromatic rings. The number of rotatable bonds is 7. The SMILES string of the molecule is C[C@@]12CC[C@@H]3[C@@H](CCC4=CC(NOCC(=O)N[C@H](C[S-])C(=O)[O-])=CC[C@@]43C)[C@@H]1CC[C@H]2O. The highest BCUT2D eigenvalue weighted by Gasteiger charge is 2.58. The van der Waals surface area contributed by atoms with Crippen LogP contribution in [0.2, 0.25) is 0 Å². The first-order valence-corrected chi connectivity index (χ1v) is 12.3. The van der Waals surface area contributed by atoms with E-state index in [-0.39, 0.29) is 29.3 Å². The second kappa shape index (κ2) is 9.03. The largest absolute Gasteiger partial charge is 0.790 e. The standard InChI is InChI=1S/C24H36N2O5S/c1-23-9-7-15(26-31-12-21(28)25-19(13-32)22(29)30)11-14(23)3-4-16-17-5-6-20(27)24(17,2)10-8-18(16)23/h7,11,16-20,26-27,32H,3-6,8-10,12-13H2,1-2H3,(H,25,28)(H,29,30)/p-2/t16-,17-,18+,19+,20+,23-,24+/m0/s1. The van der Waals surface area contributed by atoms with Crippen molar-refractivity contribution in [3.8, 4) is 0 Å². The molecule has 0 unspecified atom stereocenters. The zero-order valence-electron chi connectivity index (χ0n) is 18.9. The van der Waals surface area contributed by atoms with E-state index in [2.05, 4.69) is 36.8 Å².